The zero-order valence-corrected chi connectivity index (χ0v) is 54.5. The number of aryl methyl sites for hydroxylation is 1. The van der Waals surface area contributed by atoms with Crippen LogP contribution >= 0.6 is 0 Å². The van der Waals surface area contributed by atoms with Gasteiger partial charge in [-0.05, 0) is 128 Å². The van der Waals surface area contributed by atoms with Gasteiger partial charge in [0.1, 0.15) is 47.9 Å². The van der Waals surface area contributed by atoms with Crippen LogP contribution < -0.4 is 5.32 Å². The van der Waals surface area contributed by atoms with E-state index in [1.54, 1.807) is 60.7 Å². The number of esters is 7. The number of carbonyl (C=O) groups is 10. The topological polar surface area (TPSA) is 337 Å². The lowest BCUT2D eigenvalue weighted by Crippen LogP contribution is -2.82. The number of aliphatic carboxylic acids is 1. The van der Waals surface area contributed by atoms with Gasteiger partial charge in [0.15, 0.2) is 17.5 Å². The predicted octanol–water partition coefficient (Wildman–Crippen LogP) is 7.63. The molecule has 0 unspecified atom stereocenters. The van der Waals surface area contributed by atoms with Crippen LogP contribution in [0.4, 0.5) is 0 Å². The van der Waals surface area contributed by atoms with Gasteiger partial charge < -0.3 is 63.6 Å². The minimum absolute atomic E-state index is 0.000898. The second kappa shape index (κ2) is 26.7. The lowest BCUT2D eigenvalue weighted by atomic mass is 9.44. The molecule has 2 bridgehead atoms. The minimum Gasteiger partial charge on any atom is -0.508 e. The quantitative estimate of drug-likeness (QED) is 0.0342. The van der Waals surface area contributed by atoms with Crippen LogP contribution in [0, 0.1) is 34.0 Å². The molecule has 23 nitrogen and oxygen atoms in total. The molecule has 96 heavy (non-hydrogen) atoms. The molecular weight excluding hydrogens is 1240 g/mol. The number of rotatable bonds is 19. The highest BCUT2D eigenvalue weighted by molar-refractivity contribution is 5.97. The third-order valence-corrected chi connectivity index (χ3v) is 22.0. The van der Waals surface area contributed by atoms with Crippen LogP contribution in [0.3, 0.4) is 0 Å². The SMILES string of the molecule is CC(=O)O[C@H]1C(=O)[C@]2(C)[C@@H](OC(=O)CCC(=O)O[C@@H]3C[C@H]4[C@@H]5CCc6cc(O)ccc6[C@H]5CC[C@]4(C)[C@H]3O)C[C@H]3OC[C@@]3(OC(C)=O)[C@H]2[C@H](OC(=O)c2ccccc2)[C@]2(O)C[C@H](OC(=O)[C@H](OC(=O)CCC(=O)O)[C@@H](NC(=O)c3ccccc3)c3ccccc3)C(C)=C1C2(C)C. The van der Waals surface area contributed by atoms with E-state index in [0.717, 1.165) is 38.7 Å². The summed E-state index contributed by atoms with van der Waals surface area (Å²) in [5.41, 5.74) is -7.08. The number of carbonyl (C=O) groups excluding carboxylic acids is 9. The number of ketones is 1. The van der Waals surface area contributed by atoms with E-state index in [4.69, 9.17) is 37.9 Å². The van der Waals surface area contributed by atoms with E-state index in [9.17, 15) is 54.0 Å². The number of phenolic OH excluding ortho intramolecular Hbond substituents is 1. The van der Waals surface area contributed by atoms with Gasteiger partial charge in [0.2, 0.25) is 6.10 Å². The number of Topliss-reactive ketones (excluding diaryl/α,β-unsaturated/α-hetero) is 1. The van der Waals surface area contributed by atoms with E-state index in [1.807, 2.05) is 19.1 Å². The maximum Gasteiger partial charge on any atom is 0.350 e. The van der Waals surface area contributed by atoms with E-state index in [1.165, 1.54) is 69.7 Å². The van der Waals surface area contributed by atoms with Gasteiger partial charge in [-0.1, -0.05) is 93.6 Å². The van der Waals surface area contributed by atoms with E-state index >= 15 is 14.4 Å². The Morgan fingerprint density at radius 3 is 1.99 bits per heavy atom. The van der Waals surface area contributed by atoms with Crippen LogP contribution in [0.15, 0.2) is 120 Å². The summed E-state index contributed by atoms with van der Waals surface area (Å²) in [4.78, 5) is 143. The summed E-state index contributed by atoms with van der Waals surface area (Å²) in [6, 6.07) is 27.2. The second-order valence-corrected chi connectivity index (χ2v) is 27.7. The molecule has 510 valence electrons. The molecule has 4 aromatic rings. The first-order valence-corrected chi connectivity index (χ1v) is 32.7. The van der Waals surface area contributed by atoms with E-state index in [-0.39, 0.29) is 57.8 Å². The number of hydrogen-bond donors (Lipinski definition) is 5. The van der Waals surface area contributed by atoms with Crippen molar-refractivity contribution >= 4 is 59.4 Å². The van der Waals surface area contributed by atoms with E-state index in [2.05, 4.69) is 5.32 Å². The molecule has 5 fully saturated rings. The number of carboxylic acids is 1. The molecule has 5 N–H and O–H groups in total. The first kappa shape index (κ1) is 68.6. The largest absolute Gasteiger partial charge is 0.508 e. The van der Waals surface area contributed by atoms with Crippen molar-refractivity contribution in [3.63, 3.8) is 0 Å². The molecule has 0 radical (unpaired) electrons. The summed E-state index contributed by atoms with van der Waals surface area (Å²) in [5, 5.41) is 48.9. The van der Waals surface area contributed by atoms with Crippen molar-refractivity contribution in [1.82, 2.24) is 5.32 Å². The van der Waals surface area contributed by atoms with Crippen LogP contribution in [0.25, 0.3) is 0 Å². The van der Waals surface area contributed by atoms with Gasteiger partial charge in [0.05, 0.1) is 55.3 Å². The maximum atomic E-state index is 16.7. The van der Waals surface area contributed by atoms with Gasteiger partial charge in [-0.3, -0.25) is 38.4 Å². The fourth-order valence-corrected chi connectivity index (χ4v) is 17.1. The van der Waals surface area contributed by atoms with Gasteiger partial charge in [-0.25, -0.2) is 9.59 Å². The molecule has 4 aromatic carbocycles. The highest BCUT2D eigenvalue weighted by Gasteiger charge is 2.79. The lowest BCUT2D eigenvalue weighted by molar-refractivity contribution is -0.346. The number of aliphatic hydroxyl groups excluding tert-OH is 1. The first-order chi connectivity index (χ1) is 45.5. The normalized spacial score (nSPS) is 31.9. The Morgan fingerprint density at radius 2 is 1.36 bits per heavy atom. The number of fused-ring (bicyclic) bond motifs is 10. The second-order valence-electron chi connectivity index (χ2n) is 27.7. The number of hydrogen-bond acceptors (Lipinski definition) is 21. The number of amides is 1. The Balaban J connectivity index is 0.956. The average Bonchev–Trinajstić information content (AvgIpc) is 0.793. The minimum atomic E-state index is -2.66. The molecule has 4 saturated carbocycles. The molecule has 7 aliphatic rings. The van der Waals surface area contributed by atoms with Crippen molar-refractivity contribution in [2.24, 2.45) is 34.0 Å². The molecule has 1 amide bonds. The van der Waals surface area contributed by atoms with Gasteiger partial charge in [0, 0.05) is 43.1 Å². The number of phenols is 1. The van der Waals surface area contributed by atoms with Crippen LogP contribution in [-0.2, 0) is 82.7 Å². The van der Waals surface area contributed by atoms with Crippen molar-refractivity contribution in [3.8, 4) is 5.75 Å². The Labute approximate surface area is 554 Å². The Hall–Kier alpha value is -8.80. The van der Waals surface area contributed by atoms with Crippen LogP contribution in [-0.4, -0.2) is 147 Å². The third-order valence-electron chi connectivity index (χ3n) is 22.0. The smallest absolute Gasteiger partial charge is 0.350 e. The number of ether oxygens (including phenoxy) is 8. The van der Waals surface area contributed by atoms with Crippen molar-refractivity contribution in [2.75, 3.05) is 6.61 Å². The zero-order valence-electron chi connectivity index (χ0n) is 54.5. The lowest BCUT2D eigenvalue weighted by Gasteiger charge is -2.67. The first-order valence-electron chi connectivity index (χ1n) is 32.7. The molecule has 6 aliphatic carbocycles. The summed E-state index contributed by atoms with van der Waals surface area (Å²) in [6.45, 7) is 9.43. The summed E-state index contributed by atoms with van der Waals surface area (Å²) in [7, 11) is 0. The van der Waals surface area contributed by atoms with Gasteiger partial charge in [-0.15, -0.1) is 0 Å². The van der Waals surface area contributed by atoms with Crippen molar-refractivity contribution < 1.29 is 106 Å². The number of aromatic hydroxyl groups is 1. The highest BCUT2D eigenvalue weighted by Crippen LogP contribution is 2.66. The zero-order chi connectivity index (χ0) is 69.0. The Bertz CT molecular complexity index is 3760. The molecule has 1 saturated heterocycles. The highest BCUT2D eigenvalue weighted by atomic mass is 16.6. The summed E-state index contributed by atoms with van der Waals surface area (Å²) in [5.74, 6) is -11.7. The van der Waals surface area contributed by atoms with E-state index in [0.29, 0.717) is 12.8 Å². The van der Waals surface area contributed by atoms with Crippen LogP contribution in [0.2, 0.25) is 0 Å². The third kappa shape index (κ3) is 12.5. The predicted molar refractivity (Wildman–Crippen MR) is 336 cm³/mol. The Kier molecular flexibility index (Phi) is 19.0. The molecule has 1 aliphatic heterocycles. The van der Waals surface area contributed by atoms with E-state index < -0.39 is 186 Å². The fourth-order valence-electron chi connectivity index (χ4n) is 17.1. The molecular formula is C73H81NO22. The van der Waals surface area contributed by atoms with Crippen molar-refractivity contribution in [3.05, 3.63) is 148 Å². The van der Waals surface area contributed by atoms with Crippen LogP contribution in [0.1, 0.15) is 162 Å². The molecule has 11 rings (SSSR count). The Morgan fingerprint density at radius 1 is 0.729 bits per heavy atom. The van der Waals surface area contributed by atoms with Crippen molar-refractivity contribution in [2.45, 2.75) is 191 Å². The summed E-state index contributed by atoms with van der Waals surface area (Å²) >= 11 is 0. The standard InChI is InChI=1S/C73H81NO22/c1-38-51(92-68(87)61(94-57(82)28-27-54(78)79)59(41-17-11-8-12-18-41)74-66(85)42-19-13-9-14-20-42)36-73(88)65(95-67(86)43-21-15-10-16-22-43)62-71(7,64(84)60(90-39(2)75)58(38)69(73,4)5)52(35-53-72(62,37-89-53)96-40(3)76)93-56(81)30-29-55(80)91-50-34-49-48-25-23-44-33-45(77)24-26-46(44)47(48)31-32-70(49,6)63(50)83/h8-22,24,26,33,47-53,59-63,65,77,83,88H,23,25,27-32,34-37H2,1-7H3,(H,74,85)(H,78,79)/t47-,48-,49+,50-,51+,52+,53-,59+,60-,61-,62+,63+,65+,70+,71-,72+,73-/m1/s1. The maximum absolute atomic E-state index is 16.7. The van der Waals surface area contributed by atoms with Gasteiger partial charge in [0.25, 0.3) is 5.91 Å². The molecule has 0 aromatic heterocycles. The molecule has 0 spiro atoms. The number of carboxylic acid groups (broad SMARTS) is 1. The number of aliphatic hydroxyl groups is 2. The van der Waals surface area contributed by atoms with Crippen molar-refractivity contribution in [1.29, 1.82) is 0 Å². The molecule has 17 atom stereocenters. The number of nitrogens with one attached hydrogen (secondary N) is 1. The fraction of sp³-hybridized carbons (Fsp3) is 0.507. The number of benzene rings is 4. The van der Waals surface area contributed by atoms with Gasteiger partial charge >= 0.3 is 47.8 Å². The molecule has 1 heterocycles. The summed E-state index contributed by atoms with van der Waals surface area (Å²) < 4.78 is 49.9. The average molecular weight is 1320 g/mol. The monoisotopic (exact) mass is 1320 g/mol. The summed E-state index contributed by atoms with van der Waals surface area (Å²) in [6.07, 6.45) is -13.2. The van der Waals surface area contributed by atoms with Crippen LogP contribution in [0.5, 0.6) is 5.75 Å². The van der Waals surface area contributed by atoms with Gasteiger partial charge in [-0.2, -0.15) is 0 Å². The molecule has 23 heteroatoms.